The molecule has 1 aliphatic heterocycles. The van der Waals surface area contributed by atoms with Crippen LogP contribution in [0.1, 0.15) is 25.7 Å². The van der Waals surface area contributed by atoms with E-state index in [1.807, 2.05) is 30.3 Å². The second kappa shape index (κ2) is 7.78. The van der Waals surface area contributed by atoms with Gasteiger partial charge in [-0.3, -0.25) is 9.59 Å². The number of carboxylic acids is 1. The van der Waals surface area contributed by atoms with Crippen LogP contribution in [0.4, 0.5) is 5.69 Å². The van der Waals surface area contributed by atoms with Crippen molar-refractivity contribution in [1.29, 1.82) is 0 Å². The summed E-state index contributed by atoms with van der Waals surface area (Å²) < 4.78 is 0. The quantitative estimate of drug-likeness (QED) is 0.748. The number of carboxylic acid groups (broad SMARTS) is 1. The summed E-state index contributed by atoms with van der Waals surface area (Å²) in [7, 11) is 0. The molecule has 1 heterocycles. The molecule has 2 rings (SSSR count). The minimum atomic E-state index is -0.798. The van der Waals surface area contributed by atoms with Crippen LogP contribution >= 0.6 is 0 Å². The van der Waals surface area contributed by atoms with E-state index < -0.39 is 5.97 Å². The largest absolute Gasteiger partial charge is 0.481 e. The van der Waals surface area contributed by atoms with Crippen LogP contribution in [0.25, 0.3) is 0 Å². The fourth-order valence-electron chi connectivity index (χ4n) is 2.66. The molecule has 1 fully saturated rings. The Balaban J connectivity index is 1.92. The van der Waals surface area contributed by atoms with E-state index in [1.54, 1.807) is 0 Å². The van der Waals surface area contributed by atoms with Crippen LogP contribution in [0, 0.1) is 0 Å². The maximum absolute atomic E-state index is 12.4. The molecule has 1 aromatic rings. The van der Waals surface area contributed by atoms with Crippen LogP contribution < -0.4 is 10.2 Å². The molecule has 0 aliphatic carbocycles. The van der Waals surface area contributed by atoms with Gasteiger partial charge in [-0.1, -0.05) is 18.2 Å². The van der Waals surface area contributed by atoms with E-state index in [9.17, 15) is 9.59 Å². The lowest BCUT2D eigenvalue weighted by atomic mass is 10.0. The Morgan fingerprint density at radius 1 is 1.19 bits per heavy atom. The molecule has 0 saturated carbocycles. The van der Waals surface area contributed by atoms with Crippen molar-refractivity contribution in [3.63, 3.8) is 0 Å². The Labute approximate surface area is 125 Å². The first-order chi connectivity index (χ1) is 10.2. The third-order valence-electron chi connectivity index (χ3n) is 3.77. The third kappa shape index (κ3) is 4.56. The standard InChI is InChI=1S/C16H22N2O3/c19-15(8-4-5-9-16(20)21)14-12-17-10-11-18(14)13-6-2-1-3-7-13/h1-3,6-7,14,17H,4-5,8-12H2,(H,20,21). The highest BCUT2D eigenvalue weighted by molar-refractivity contribution is 5.87. The van der Waals surface area contributed by atoms with Crippen LogP contribution in [-0.2, 0) is 9.59 Å². The van der Waals surface area contributed by atoms with E-state index in [-0.39, 0.29) is 18.2 Å². The molecule has 1 aliphatic rings. The van der Waals surface area contributed by atoms with E-state index >= 15 is 0 Å². The Morgan fingerprint density at radius 3 is 2.62 bits per heavy atom. The number of hydrogen-bond donors (Lipinski definition) is 2. The number of para-hydroxylation sites is 1. The van der Waals surface area contributed by atoms with Crippen LogP contribution in [0.5, 0.6) is 0 Å². The number of ketones is 1. The number of anilines is 1. The van der Waals surface area contributed by atoms with Crippen molar-refractivity contribution in [2.24, 2.45) is 0 Å². The van der Waals surface area contributed by atoms with Gasteiger partial charge >= 0.3 is 5.97 Å². The molecule has 0 spiro atoms. The monoisotopic (exact) mass is 290 g/mol. The minimum Gasteiger partial charge on any atom is -0.481 e. The van der Waals surface area contributed by atoms with Crippen LogP contribution in [0.2, 0.25) is 0 Å². The van der Waals surface area contributed by atoms with Crippen molar-refractivity contribution in [2.45, 2.75) is 31.7 Å². The number of nitrogens with zero attached hydrogens (tertiary/aromatic N) is 1. The summed E-state index contributed by atoms with van der Waals surface area (Å²) in [4.78, 5) is 25.0. The molecule has 114 valence electrons. The molecule has 1 unspecified atom stereocenters. The molecule has 5 nitrogen and oxygen atoms in total. The lowest BCUT2D eigenvalue weighted by molar-refractivity contribution is -0.137. The van der Waals surface area contributed by atoms with Gasteiger partial charge in [0.2, 0.25) is 0 Å². The molecule has 5 heteroatoms. The Bertz CT molecular complexity index is 476. The normalized spacial score (nSPS) is 18.5. The van der Waals surface area contributed by atoms with Crippen molar-refractivity contribution in [1.82, 2.24) is 5.32 Å². The highest BCUT2D eigenvalue weighted by Gasteiger charge is 2.27. The number of benzene rings is 1. The smallest absolute Gasteiger partial charge is 0.303 e. The molecular formula is C16H22N2O3. The third-order valence-corrected chi connectivity index (χ3v) is 3.77. The molecule has 0 aromatic heterocycles. The number of carbonyl (C=O) groups excluding carboxylic acids is 1. The maximum Gasteiger partial charge on any atom is 0.303 e. The summed E-state index contributed by atoms with van der Waals surface area (Å²) in [6.45, 7) is 2.35. The van der Waals surface area contributed by atoms with Crippen LogP contribution in [-0.4, -0.2) is 42.5 Å². The van der Waals surface area contributed by atoms with Gasteiger partial charge in [0.25, 0.3) is 0 Å². The zero-order valence-electron chi connectivity index (χ0n) is 12.1. The Hall–Kier alpha value is -1.88. The van der Waals surface area contributed by atoms with Gasteiger partial charge in [-0.25, -0.2) is 0 Å². The van der Waals surface area contributed by atoms with E-state index in [2.05, 4.69) is 10.2 Å². The van der Waals surface area contributed by atoms with Crippen LogP contribution in [0.3, 0.4) is 0 Å². The lowest BCUT2D eigenvalue weighted by Crippen LogP contribution is -2.55. The average Bonchev–Trinajstić information content (AvgIpc) is 2.52. The highest BCUT2D eigenvalue weighted by atomic mass is 16.4. The number of rotatable bonds is 7. The minimum absolute atomic E-state index is 0.137. The van der Waals surface area contributed by atoms with Crippen molar-refractivity contribution in [3.8, 4) is 0 Å². The highest BCUT2D eigenvalue weighted by Crippen LogP contribution is 2.19. The molecule has 0 radical (unpaired) electrons. The van der Waals surface area contributed by atoms with Gasteiger partial charge in [-0.05, 0) is 25.0 Å². The van der Waals surface area contributed by atoms with Crippen molar-refractivity contribution in [3.05, 3.63) is 30.3 Å². The first kappa shape index (κ1) is 15.5. The Kier molecular flexibility index (Phi) is 5.75. The van der Waals surface area contributed by atoms with E-state index in [0.29, 0.717) is 25.8 Å². The molecule has 0 amide bonds. The van der Waals surface area contributed by atoms with Crippen molar-refractivity contribution >= 4 is 17.4 Å². The summed E-state index contributed by atoms with van der Waals surface area (Å²) in [6.07, 6.45) is 1.79. The second-order valence-electron chi connectivity index (χ2n) is 5.32. The SMILES string of the molecule is O=C(O)CCCCC(=O)C1CNCCN1c1ccccc1. The van der Waals surface area contributed by atoms with Gasteiger partial charge < -0.3 is 15.3 Å². The van der Waals surface area contributed by atoms with Crippen molar-refractivity contribution < 1.29 is 14.7 Å². The van der Waals surface area contributed by atoms with Gasteiger partial charge in [0.15, 0.2) is 5.78 Å². The van der Waals surface area contributed by atoms with Crippen molar-refractivity contribution in [2.75, 3.05) is 24.5 Å². The maximum atomic E-state index is 12.4. The number of hydrogen-bond acceptors (Lipinski definition) is 4. The lowest BCUT2D eigenvalue weighted by Gasteiger charge is -2.37. The first-order valence-electron chi connectivity index (χ1n) is 7.45. The van der Waals surface area contributed by atoms with Gasteiger partial charge in [0.1, 0.15) is 6.04 Å². The number of piperazine rings is 1. The number of Topliss-reactive ketones (excluding diaryl/α,β-unsaturated/α-hetero) is 1. The van der Waals surface area contributed by atoms with Crippen LogP contribution in [0.15, 0.2) is 30.3 Å². The second-order valence-corrected chi connectivity index (χ2v) is 5.32. The van der Waals surface area contributed by atoms with E-state index in [4.69, 9.17) is 5.11 Å². The number of carbonyl (C=O) groups is 2. The first-order valence-corrected chi connectivity index (χ1v) is 7.45. The predicted octanol–water partition coefficient (Wildman–Crippen LogP) is 1.68. The van der Waals surface area contributed by atoms with Gasteiger partial charge in [-0.2, -0.15) is 0 Å². The summed E-state index contributed by atoms with van der Waals surface area (Å²) in [5.41, 5.74) is 1.07. The predicted molar refractivity (Wildman–Crippen MR) is 81.6 cm³/mol. The van der Waals surface area contributed by atoms with E-state index in [1.165, 1.54) is 0 Å². The summed E-state index contributed by atoms with van der Waals surface area (Å²) >= 11 is 0. The number of aliphatic carboxylic acids is 1. The fraction of sp³-hybridized carbons (Fsp3) is 0.500. The van der Waals surface area contributed by atoms with Gasteiger partial charge in [0.05, 0.1) is 0 Å². The zero-order valence-corrected chi connectivity index (χ0v) is 12.1. The molecule has 0 bridgehead atoms. The average molecular weight is 290 g/mol. The summed E-state index contributed by atoms with van der Waals surface area (Å²) in [5.74, 6) is -0.607. The van der Waals surface area contributed by atoms with E-state index in [0.717, 1.165) is 18.8 Å². The molecule has 21 heavy (non-hydrogen) atoms. The number of unbranched alkanes of at least 4 members (excludes halogenated alkanes) is 1. The topological polar surface area (TPSA) is 69.6 Å². The molecule has 2 N–H and O–H groups in total. The Morgan fingerprint density at radius 2 is 1.90 bits per heavy atom. The molecular weight excluding hydrogens is 268 g/mol. The molecule has 1 aromatic carbocycles. The molecule has 1 atom stereocenters. The summed E-state index contributed by atoms with van der Waals surface area (Å²) in [6, 6.07) is 9.82. The summed E-state index contributed by atoms with van der Waals surface area (Å²) in [5, 5.41) is 11.9. The fourth-order valence-corrected chi connectivity index (χ4v) is 2.66. The van der Waals surface area contributed by atoms with Gasteiger partial charge in [0, 0.05) is 38.2 Å². The zero-order chi connectivity index (χ0) is 15.1. The van der Waals surface area contributed by atoms with Gasteiger partial charge in [-0.15, -0.1) is 0 Å². The number of nitrogens with one attached hydrogen (secondary N) is 1. The molecule has 1 saturated heterocycles.